The van der Waals surface area contributed by atoms with Gasteiger partial charge in [-0.05, 0) is 65.6 Å². The Bertz CT molecular complexity index is 1250. The van der Waals surface area contributed by atoms with Crippen molar-refractivity contribution >= 4 is 23.1 Å². The predicted octanol–water partition coefficient (Wildman–Crippen LogP) is 6.04. The molecular weight excluding hydrogens is 420 g/mol. The zero-order chi connectivity index (χ0) is 24.5. The Morgan fingerprint density at radius 1 is 0.794 bits per heavy atom. The molecule has 0 aromatic heterocycles. The van der Waals surface area contributed by atoms with Crippen molar-refractivity contribution in [3.05, 3.63) is 106 Å². The van der Waals surface area contributed by atoms with Crippen LogP contribution in [0.2, 0.25) is 0 Å². The first-order valence-electron chi connectivity index (χ1n) is 11.7. The van der Waals surface area contributed by atoms with Gasteiger partial charge in [-0.25, -0.2) is 0 Å². The van der Waals surface area contributed by atoms with Crippen LogP contribution in [0.25, 0.3) is 5.57 Å². The average Bonchev–Trinajstić information content (AvgIpc) is 3.03. The van der Waals surface area contributed by atoms with Crippen LogP contribution in [0.4, 0.5) is 5.69 Å². The van der Waals surface area contributed by atoms with Crippen molar-refractivity contribution in [2.45, 2.75) is 46.5 Å². The molecule has 1 aliphatic rings. The molecule has 0 saturated carbocycles. The third-order valence-electron chi connectivity index (χ3n) is 6.45. The summed E-state index contributed by atoms with van der Waals surface area (Å²) in [5.41, 5.74) is 6.89. The van der Waals surface area contributed by atoms with Gasteiger partial charge in [-0.15, -0.1) is 0 Å². The first-order valence-corrected chi connectivity index (χ1v) is 11.7. The highest BCUT2D eigenvalue weighted by atomic mass is 16.2. The first-order chi connectivity index (χ1) is 16.1. The second kappa shape index (κ2) is 9.30. The van der Waals surface area contributed by atoms with Gasteiger partial charge in [0.25, 0.3) is 11.8 Å². The van der Waals surface area contributed by atoms with E-state index in [0.717, 1.165) is 27.9 Å². The highest BCUT2D eigenvalue weighted by Gasteiger charge is 2.39. The summed E-state index contributed by atoms with van der Waals surface area (Å²) in [6.07, 6.45) is 0.617. The summed E-state index contributed by atoms with van der Waals surface area (Å²) in [6.45, 7) is 10.9. The molecule has 0 atom stereocenters. The normalized spacial score (nSPS) is 14.2. The summed E-state index contributed by atoms with van der Waals surface area (Å²) in [4.78, 5) is 28.4. The lowest BCUT2D eigenvalue weighted by molar-refractivity contribution is -0.136. The van der Waals surface area contributed by atoms with Crippen LogP contribution in [-0.2, 0) is 21.4 Å². The molecule has 4 heteroatoms. The van der Waals surface area contributed by atoms with Gasteiger partial charge >= 0.3 is 0 Å². The van der Waals surface area contributed by atoms with Gasteiger partial charge in [-0.1, -0.05) is 81.4 Å². The van der Waals surface area contributed by atoms with Crippen molar-refractivity contribution in [1.82, 2.24) is 4.90 Å². The first kappa shape index (κ1) is 23.5. The molecule has 3 aromatic carbocycles. The lowest BCUT2D eigenvalue weighted by Crippen LogP contribution is -2.34. The summed E-state index contributed by atoms with van der Waals surface area (Å²) in [7, 11) is 0. The Labute approximate surface area is 202 Å². The molecule has 4 rings (SSSR count). The van der Waals surface area contributed by atoms with Crippen LogP contribution in [0.15, 0.2) is 78.5 Å². The fourth-order valence-corrected chi connectivity index (χ4v) is 4.14. The Hall–Kier alpha value is -3.66. The van der Waals surface area contributed by atoms with Gasteiger partial charge < -0.3 is 5.32 Å². The van der Waals surface area contributed by atoms with Crippen LogP contribution >= 0.6 is 0 Å². The van der Waals surface area contributed by atoms with E-state index in [9.17, 15) is 9.59 Å². The van der Waals surface area contributed by atoms with Crippen molar-refractivity contribution in [1.29, 1.82) is 0 Å². The molecule has 2 amide bonds. The predicted molar refractivity (Wildman–Crippen MR) is 138 cm³/mol. The molecule has 0 unspecified atom stereocenters. The number of hydrogen-bond acceptors (Lipinski definition) is 3. The molecule has 1 heterocycles. The van der Waals surface area contributed by atoms with Crippen molar-refractivity contribution in [2.24, 2.45) is 0 Å². The van der Waals surface area contributed by atoms with Gasteiger partial charge in [-0.3, -0.25) is 14.5 Å². The van der Waals surface area contributed by atoms with Gasteiger partial charge in [0.15, 0.2) is 0 Å². The molecule has 3 aromatic rings. The highest BCUT2D eigenvalue weighted by molar-refractivity contribution is 6.36. The Balaban J connectivity index is 1.68. The summed E-state index contributed by atoms with van der Waals surface area (Å²) < 4.78 is 0. The standard InChI is InChI=1S/C30H32N2O2/c1-20-11-12-23(19-21(20)2)26-27(31-25-15-13-24(14-16-25)30(3,4)5)29(34)32(28(26)33)18-17-22-9-7-6-8-10-22/h6-16,19,31H,17-18H2,1-5H3. The number of benzene rings is 3. The van der Waals surface area contributed by atoms with E-state index in [-0.39, 0.29) is 17.2 Å². The zero-order valence-corrected chi connectivity index (χ0v) is 20.6. The lowest BCUT2D eigenvalue weighted by atomic mass is 9.87. The van der Waals surface area contributed by atoms with Crippen LogP contribution in [0.3, 0.4) is 0 Å². The molecule has 1 aliphatic heterocycles. The maximum atomic E-state index is 13.5. The number of anilines is 1. The smallest absolute Gasteiger partial charge is 0.278 e. The monoisotopic (exact) mass is 452 g/mol. The second-order valence-electron chi connectivity index (χ2n) is 10.00. The summed E-state index contributed by atoms with van der Waals surface area (Å²) >= 11 is 0. The summed E-state index contributed by atoms with van der Waals surface area (Å²) in [5.74, 6) is -0.535. The fraction of sp³-hybridized carbons (Fsp3) is 0.267. The minimum atomic E-state index is -0.283. The molecule has 0 fully saturated rings. The SMILES string of the molecule is Cc1ccc(C2=C(Nc3ccc(C(C)(C)C)cc3)C(=O)N(CCc3ccccc3)C2=O)cc1C. The molecule has 0 spiro atoms. The number of nitrogens with zero attached hydrogens (tertiary/aromatic N) is 1. The van der Waals surface area contributed by atoms with Crippen LogP contribution < -0.4 is 5.32 Å². The van der Waals surface area contributed by atoms with Crippen LogP contribution in [0, 0.1) is 13.8 Å². The number of carbonyl (C=O) groups excluding carboxylic acids is 2. The second-order valence-corrected chi connectivity index (χ2v) is 10.00. The molecule has 174 valence electrons. The topological polar surface area (TPSA) is 49.4 Å². The zero-order valence-electron chi connectivity index (χ0n) is 20.6. The molecule has 0 bridgehead atoms. The minimum absolute atomic E-state index is 0.0375. The van der Waals surface area contributed by atoms with Crippen molar-refractivity contribution < 1.29 is 9.59 Å². The number of hydrogen-bond donors (Lipinski definition) is 1. The van der Waals surface area contributed by atoms with Gasteiger partial charge in [0.05, 0.1) is 5.57 Å². The quantitative estimate of drug-likeness (QED) is 0.464. The van der Waals surface area contributed by atoms with E-state index in [0.29, 0.717) is 24.2 Å². The summed E-state index contributed by atoms with van der Waals surface area (Å²) in [6, 6.07) is 23.9. The third kappa shape index (κ3) is 4.81. The van der Waals surface area contributed by atoms with E-state index in [4.69, 9.17) is 0 Å². The number of amides is 2. The number of aryl methyl sites for hydroxylation is 2. The number of imide groups is 1. The number of rotatable bonds is 6. The van der Waals surface area contributed by atoms with E-state index < -0.39 is 0 Å². The highest BCUT2D eigenvalue weighted by Crippen LogP contribution is 2.32. The number of carbonyl (C=O) groups is 2. The van der Waals surface area contributed by atoms with Gasteiger partial charge in [0.1, 0.15) is 5.70 Å². The molecule has 4 nitrogen and oxygen atoms in total. The van der Waals surface area contributed by atoms with E-state index >= 15 is 0 Å². The molecule has 0 aliphatic carbocycles. The van der Waals surface area contributed by atoms with Crippen molar-refractivity contribution in [2.75, 3.05) is 11.9 Å². The Morgan fingerprint density at radius 2 is 1.47 bits per heavy atom. The van der Waals surface area contributed by atoms with Crippen molar-refractivity contribution in [3.8, 4) is 0 Å². The van der Waals surface area contributed by atoms with Crippen LogP contribution in [-0.4, -0.2) is 23.3 Å². The molecule has 1 N–H and O–H groups in total. The van der Waals surface area contributed by atoms with E-state index in [1.807, 2.05) is 74.5 Å². The average molecular weight is 453 g/mol. The third-order valence-corrected chi connectivity index (χ3v) is 6.45. The van der Waals surface area contributed by atoms with Gasteiger partial charge in [0.2, 0.25) is 0 Å². The largest absolute Gasteiger partial charge is 0.350 e. The van der Waals surface area contributed by atoms with Gasteiger partial charge in [-0.2, -0.15) is 0 Å². The molecule has 0 saturated heterocycles. The van der Waals surface area contributed by atoms with Crippen molar-refractivity contribution in [3.63, 3.8) is 0 Å². The van der Waals surface area contributed by atoms with Crippen LogP contribution in [0.5, 0.6) is 0 Å². The summed E-state index contributed by atoms with van der Waals surface area (Å²) in [5, 5.41) is 3.28. The Morgan fingerprint density at radius 3 is 2.09 bits per heavy atom. The van der Waals surface area contributed by atoms with E-state index in [2.05, 4.69) is 38.2 Å². The van der Waals surface area contributed by atoms with Gasteiger partial charge in [0, 0.05) is 12.2 Å². The Kier molecular flexibility index (Phi) is 6.43. The molecule has 34 heavy (non-hydrogen) atoms. The maximum absolute atomic E-state index is 13.5. The maximum Gasteiger partial charge on any atom is 0.278 e. The molecular formula is C30H32N2O2. The van der Waals surface area contributed by atoms with E-state index in [1.54, 1.807) is 0 Å². The number of nitrogens with one attached hydrogen (secondary N) is 1. The molecule has 0 radical (unpaired) electrons. The minimum Gasteiger partial charge on any atom is -0.350 e. The van der Waals surface area contributed by atoms with E-state index in [1.165, 1.54) is 10.5 Å². The lowest BCUT2D eigenvalue weighted by Gasteiger charge is -2.19. The van der Waals surface area contributed by atoms with Crippen LogP contribution in [0.1, 0.15) is 48.6 Å². The fourth-order valence-electron chi connectivity index (χ4n) is 4.14.